The standard InChI is InChI=1S/C14H20O3/c1-11(2)8-9-17-14(16)13(15)10-12-6-4-3-5-7-12/h3-7,11,13,15H,8-10H2,1-2H3. The van der Waals surface area contributed by atoms with E-state index in [1.165, 1.54) is 0 Å². The fourth-order valence-corrected chi connectivity index (χ4v) is 1.41. The van der Waals surface area contributed by atoms with Crippen molar-refractivity contribution in [2.24, 2.45) is 5.92 Å². The highest BCUT2D eigenvalue weighted by atomic mass is 16.5. The van der Waals surface area contributed by atoms with Crippen molar-refractivity contribution in [2.75, 3.05) is 6.61 Å². The maximum absolute atomic E-state index is 11.5. The summed E-state index contributed by atoms with van der Waals surface area (Å²) in [5.41, 5.74) is 0.931. The summed E-state index contributed by atoms with van der Waals surface area (Å²) in [6.45, 7) is 4.50. The second-order valence-electron chi connectivity index (χ2n) is 4.56. The Bertz CT molecular complexity index is 333. The smallest absolute Gasteiger partial charge is 0.335 e. The molecule has 1 N–H and O–H groups in total. The van der Waals surface area contributed by atoms with E-state index in [2.05, 4.69) is 13.8 Å². The first-order chi connectivity index (χ1) is 8.09. The van der Waals surface area contributed by atoms with Gasteiger partial charge in [-0.3, -0.25) is 0 Å². The largest absolute Gasteiger partial charge is 0.464 e. The summed E-state index contributed by atoms with van der Waals surface area (Å²) in [6.07, 6.45) is 0.0649. The fourth-order valence-electron chi connectivity index (χ4n) is 1.41. The van der Waals surface area contributed by atoms with Gasteiger partial charge in [-0.2, -0.15) is 0 Å². The number of hydrogen-bond acceptors (Lipinski definition) is 3. The van der Waals surface area contributed by atoms with E-state index >= 15 is 0 Å². The number of hydrogen-bond donors (Lipinski definition) is 1. The van der Waals surface area contributed by atoms with Crippen LogP contribution < -0.4 is 0 Å². The summed E-state index contributed by atoms with van der Waals surface area (Å²) in [4.78, 5) is 11.5. The van der Waals surface area contributed by atoms with Crippen LogP contribution in [-0.2, 0) is 16.0 Å². The lowest BCUT2D eigenvalue weighted by Crippen LogP contribution is -2.26. The maximum atomic E-state index is 11.5. The van der Waals surface area contributed by atoms with Gasteiger partial charge in [0, 0.05) is 6.42 Å². The van der Waals surface area contributed by atoms with Gasteiger partial charge >= 0.3 is 5.97 Å². The van der Waals surface area contributed by atoms with Crippen LogP contribution in [0.15, 0.2) is 30.3 Å². The lowest BCUT2D eigenvalue weighted by molar-refractivity contribution is -0.153. The Morgan fingerprint density at radius 3 is 2.53 bits per heavy atom. The summed E-state index contributed by atoms with van der Waals surface area (Å²) in [5.74, 6) is -0.0384. The van der Waals surface area contributed by atoms with Crippen LogP contribution in [0, 0.1) is 5.92 Å². The van der Waals surface area contributed by atoms with E-state index in [-0.39, 0.29) is 0 Å². The van der Waals surface area contributed by atoms with Crippen LogP contribution in [0.25, 0.3) is 0 Å². The molecule has 1 atom stereocenters. The summed E-state index contributed by atoms with van der Waals surface area (Å²) in [7, 11) is 0. The first-order valence-electron chi connectivity index (χ1n) is 5.98. The molecule has 3 nitrogen and oxygen atoms in total. The van der Waals surface area contributed by atoms with E-state index in [1.807, 2.05) is 30.3 Å². The van der Waals surface area contributed by atoms with Gasteiger partial charge in [0.2, 0.25) is 0 Å². The fraction of sp³-hybridized carbons (Fsp3) is 0.500. The second-order valence-corrected chi connectivity index (χ2v) is 4.56. The van der Waals surface area contributed by atoms with Crippen molar-refractivity contribution in [1.82, 2.24) is 0 Å². The minimum Gasteiger partial charge on any atom is -0.464 e. The Labute approximate surface area is 102 Å². The first-order valence-corrected chi connectivity index (χ1v) is 5.98. The van der Waals surface area contributed by atoms with E-state index in [0.717, 1.165) is 12.0 Å². The van der Waals surface area contributed by atoms with E-state index in [4.69, 9.17) is 4.74 Å². The van der Waals surface area contributed by atoms with Crippen LogP contribution in [0.4, 0.5) is 0 Å². The van der Waals surface area contributed by atoms with Crippen LogP contribution in [-0.4, -0.2) is 23.8 Å². The highest BCUT2D eigenvalue weighted by molar-refractivity contribution is 5.74. The molecule has 0 spiro atoms. The Morgan fingerprint density at radius 1 is 1.29 bits per heavy atom. The topological polar surface area (TPSA) is 46.5 Å². The SMILES string of the molecule is CC(C)CCOC(=O)C(O)Cc1ccccc1. The minimum absolute atomic E-state index is 0.307. The average Bonchev–Trinajstić information content (AvgIpc) is 2.29. The van der Waals surface area contributed by atoms with Gasteiger partial charge < -0.3 is 9.84 Å². The predicted molar refractivity (Wildman–Crippen MR) is 66.6 cm³/mol. The highest BCUT2D eigenvalue weighted by Crippen LogP contribution is 2.05. The van der Waals surface area contributed by atoms with Crippen LogP contribution in [0.5, 0.6) is 0 Å². The van der Waals surface area contributed by atoms with E-state index in [1.54, 1.807) is 0 Å². The van der Waals surface area contributed by atoms with Crippen molar-refractivity contribution in [2.45, 2.75) is 32.8 Å². The van der Waals surface area contributed by atoms with Crippen molar-refractivity contribution in [3.8, 4) is 0 Å². The number of carbonyl (C=O) groups excluding carboxylic acids is 1. The molecule has 1 aromatic carbocycles. The van der Waals surface area contributed by atoms with Crippen LogP contribution >= 0.6 is 0 Å². The zero-order chi connectivity index (χ0) is 12.7. The highest BCUT2D eigenvalue weighted by Gasteiger charge is 2.16. The second kappa shape index (κ2) is 7.07. The van der Waals surface area contributed by atoms with Crippen LogP contribution in [0.3, 0.4) is 0 Å². The lowest BCUT2D eigenvalue weighted by Gasteiger charge is -2.11. The maximum Gasteiger partial charge on any atom is 0.335 e. The Balaban J connectivity index is 2.32. The number of benzene rings is 1. The van der Waals surface area contributed by atoms with Crippen LogP contribution in [0.1, 0.15) is 25.8 Å². The molecule has 0 bridgehead atoms. The predicted octanol–water partition coefficient (Wildman–Crippen LogP) is 2.18. The molecule has 0 aliphatic rings. The van der Waals surface area contributed by atoms with E-state index in [9.17, 15) is 9.90 Å². The number of esters is 1. The third kappa shape index (κ3) is 5.50. The van der Waals surface area contributed by atoms with E-state index in [0.29, 0.717) is 18.9 Å². The normalized spacial score (nSPS) is 12.5. The molecule has 0 aromatic heterocycles. The van der Waals surface area contributed by atoms with Crippen molar-refractivity contribution < 1.29 is 14.6 Å². The minimum atomic E-state index is -1.07. The molecule has 0 radical (unpaired) electrons. The molecule has 1 unspecified atom stereocenters. The summed E-state index contributed by atoms with van der Waals surface area (Å²) in [6, 6.07) is 9.42. The van der Waals surface area contributed by atoms with Gasteiger partial charge in [-0.15, -0.1) is 0 Å². The van der Waals surface area contributed by atoms with Crippen molar-refractivity contribution in [3.05, 3.63) is 35.9 Å². The molecular weight excluding hydrogens is 216 g/mol. The van der Waals surface area contributed by atoms with Gasteiger partial charge in [-0.05, 0) is 17.9 Å². The number of carbonyl (C=O) groups is 1. The molecule has 0 saturated heterocycles. The monoisotopic (exact) mass is 236 g/mol. The van der Waals surface area contributed by atoms with Gasteiger partial charge in [-0.1, -0.05) is 44.2 Å². The third-order valence-corrected chi connectivity index (χ3v) is 2.48. The summed E-state index contributed by atoms with van der Waals surface area (Å²) in [5, 5.41) is 9.66. The van der Waals surface area contributed by atoms with Crippen molar-refractivity contribution in [3.63, 3.8) is 0 Å². The number of rotatable bonds is 6. The number of aliphatic hydroxyl groups is 1. The molecule has 0 saturated carbocycles. The zero-order valence-corrected chi connectivity index (χ0v) is 10.4. The Kier molecular flexibility index (Phi) is 5.70. The molecular formula is C14H20O3. The molecule has 0 aliphatic carbocycles. The molecule has 0 aliphatic heterocycles. The Hall–Kier alpha value is -1.35. The molecule has 17 heavy (non-hydrogen) atoms. The molecule has 0 heterocycles. The molecule has 1 rings (SSSR count). The molecule has 0 amide bonds. The van der Waals surface area contributed by atoms with E-state index < -0.39 is 12.1 Å². The lowest BCUT2D eigenvalue weighted by atomic mass is 10.1. The van der Waals surface area contributed by atoms with Gasteiger partial charge in [0.1, 0.15) is 0 Å². The quantitative estimate of drug-likeness (QED) is 0.770. The average molecular weight is 236 g/mol. The van der Waals surface area contributed by atoms with Gasteiger partial charge in [0.05, 0.1) is 6.61 Å². The van der Waals surface area contributed by atoms with Gasteiger partial charge in [-0.25, -0.2) is 4.79 Å². The molecule has 0 fully saturated rings. The third-order valence-electron chi connectivity index (χ3n) is 2.48. The molecule has 94 valence electrons. The van der Waals surface area contributed by atoms with Crippen molar-refractivity contribution in [1.29, 1.82) is 0 Å². The van der Waals surface area contributed by atoms with Gasteiger partial charge in [0.25, 0.3) is 0 Å². The van der Waals surface area contributed by atoms with Gasteiger partial charge in [0.15, 0.2) is 6.10 Å². The summed E-state index contributed by atoms with van der Waals surface area (Å²) >= 11 is 0. The molecule has 1 aromatic rings. The van der Waals surface area contributed by atoms with Crippen LogP contribution in [0.2, 0.25) is 0 Å². The summed E-state index contributed by atoms with van der Waals surface area (Å²) < 4.78 is 5.00. The number of aliphatic hydroxyl groups excluding tert-OH is 1. The Morgan fingerprint density at radius 2 is 1.94 bits per heavy atom. The van der Waals surface area contributed by atoms with Crippen molar-refractivity contribution >= 4 is 5.97 Å². The molecule has 3 heteroatoms. The zero-order valence-electron chi connectivity index (χ0n) is 10.4. The first kappa shape index (κ1) is 13.7. The number of ether oxygens (including phenoxy) is 1.